The van der Waals surface area contributed by atoms with Crippen molar-refractivity contribution >= 4 is 16.8 Å². The molecule has 0 unspecified atom stereocenters. The number of hydrogen-bond donors (Lipinski definition) is 1. The van der Waals surface area contributed by atoms with Gasteiger partial charge < -0.3 is 5.32 Å². The molecule has 1 aliphatic carbocycles. The Morgan fingerprint density at radius 1 is 1.06 bits per heavy atom. The fourth-order valence-corrected chi connectivity index (χ4v) is 2.26. The molecule has 0 aromatic heterocycles. The maximum Gasteiger partial charge on any atom is 0.00683 e. The van der Waals surface area contributed by atoms with Crippen LogP contribution in [0.1, 0.15) is 24.8 Å². The Balaban J connectivity index is 1.67. The summed E-state index contributed by atoms with van der Waals surface area (Å²) in [6.07, 6.45) is 8.37. The van der Waals surface area contributed by atoms with Gasteiger partial charge >= 0.3 is 0 Å². The lowest BCUT2D eigenvalue weighted by Crippen LogP contribution is -2.16. The number of nitrogens with one attached hydrogen (secondary N) is 1. The zero-order valence-corrected chi connectivity index (χ0v) is 10.6. The van der Waals surface area contributed by atoms with Crippen LogP contribution >= 0.6 is 0 Å². The molecule has 0 aliphatic heterocycles. The third kappa shape index (κ3) is 2.80. The van der Waals surface area contributed by atoms with Gasteiger partial charge in [-0.2, -0.15) is 0 Å². The van der Waals surface area contributed by atoms with E-state index in [9.17, 15) is 0 Å². The van der Waals surface area contributed by atoms with E-state index < -0.39 is 0 Å². The molecule has 18 heavy (non-hydrogen) atoms. The average molecular weight is 237 g/mol. The van der Waals surface area contributed by atoms with Gasteiger partial charge in [-0.1, -0.05) is 54.6 Å². The van der Waals surface area contributed by atoms with Crippen molar-refractivity contribution in [2.24, 2.45) is 0 Å². The van der Waals surface area contributed by atoms with Crippen LogP contribution in [0.5, 0.6) is 0 Å². The highest BCUT2D eigenvalue weighted by Crippen LogP contribution is 2.20. The maximum atomic E-state index is 3.53. The minimum Gasteiger partial charge on any atom is -0.314 e. The monoisotopic (exact) mass is 237 g/mol. The molecule has 3 rings (SSSR count). The van der Waals surface area contributed by atoms with Crippen molar-refractivity contribution in [1.82, 2.24) is 5.32 Å². The fraction of sp³-hybridized carbons (Fsp3) is 0.294. The minimum atomic E-state index is 0.816. The molecule has 0 radical (unpaired) electrons. The molecule has 0 heterocycles. The predicted octanol–water partition coefficient (Wildman–Crippen LogP) is 4.00. The van der Waals surface area contributed by atoms with E-state index in [1.54, 1.807) is 0 Å². The van der Waals surface area contributed by atoms with Crippen LogP contribution in [0.15, 0.2) is 48.5 Å². The van der Waals surface area contributed by atoms with Gasteiger partial charge in [-0.3, -0.25) is 0 Å². The standard InChI is InChI=1S/C17H19N/c1-2-10-17-14(6-1)8-5-9-15(17)7-3-4-13-18-16-11-12-16/h1-3,5-10,16,18H,4,11-13H2. The highest BCUT2D eigenvalue weighted by molar-refractivity contribution is 5.90. The Kier molecular flexibility index (Phi) is 3.42. The summed E-state index contributed by atoms with van der Waals surface area (Å²) in [7, 11) is 0. The first kappa shape index (κ1) is 11.5. The van der Waals surface area contributed by atoms with Crippen LogP contribution in [0.2, 0.25) is 0 Å². The summed E-state index contributed by atoms with van der Waals surface area (Å²) in [5.41, 5.74) is 1.32. The van der Waals surface area contributed by atoms with E-state index >= 15 is 0 Å². The van der Waals surface area contributed by atoms with Gasteiger partial charge in [0.2, 0.25) is 0 Å². The lowest BCUT2D eigenvalue weighted by atomic mass is 10.0. The Hall–Kier alpha value is -1.60. The topological polar surface area (TPSA) is 12.0 Å². The highest BCUT2D eigenvalue weighted by atomic mass is 14.9. The van der Waals surface area contributed by atoms with Gasteiger partial charge in [0.1, 0.15) is 0 Å². The van der Waals surface area contributed by atoms with E-state index in [4.69, 9.17) is 0 Å². The van der Waals surface area contributed by atoms with Crippen molar-refractivity contribution in [3.63, 3.8) is 0 Å². The molecule has 1 nitrogen and oxygen atoms in total. The van der Waals surface area contributed by atoms with Crippen LogP contribution in [0, 0.1) is 0 Å². The van der Waals surface area contributed by atoms with Crippen LogP contribution in [-0.4, -0.2) is 12.6 Å². The van der Waals surface area contributed by atoms with Gasteiger partial charge in [-0.15, -0.1) is 0 Å². The molecule has 2 aromatic carbocycles. The first-order chi connectivity index (χ1) is 8.93. The molecule has 0 amide bonds. The summed E-state index contributed by atoms with van der Waals surface area (Å²) < 4.78 is 0. The average Bonchev–Trinajstić information content (AvgIpc) is 3.23. The molecule has 0 saturated heterocycles. The van der Waals surface area contributed by atoms with Gasteiger partial charge in [0.15, 0.2) is 0 Å². The lowest BCUT2D eigenvalue weighted by Gasteiger charge is -2.02. The molecule has 1 heteroatoms. The van der Waals surface area contributed by atoms with E-state index in [0.717, 1.165) is 19.0 Å². The summed E-state index contributed by atoms with van der Waals surface area (Å²) >= 11 is 0. The molecule has 1 aliphatic rings. The second-order valence-corrected chi connectivity index (χ2v) is 4.99. The SMILES string of the molecule is C(=Cc1cccc2ccccc12)CCNC1CC1. The van der Waals surface area contributed by atoms with Crippen molar-refractivity contribution in [2.75, 3.05) is 6.54 Å². The molecular weight excluding hydrogens is 218 g/mol. The third-order valence-electron chi connectivity index (χ3n) is 3.44. The van der Waals surface area contributed by atoms with Crippen LogP contribution in [0.25, 0.3) is 16.8 Å². The summed E-state index contributed by atoms with van der Waals surface area (Å²) in [6, 6.07) is 15.9. The van der Waals surface area contributed by atoms with Crippen LogP contribution in [0.4, 0.5) is 0 Å². The van der Waals surface area contributed by atoms with E-state index in [1.165, 1.54) is 29.2 Å². The predicted molar refractivity (Wildman–Crippen MR) is 78.6 cm³/mol. The minimum absolute atomic E-state index is 0.816. The zero-order valence-electron chi connectivity index (χ0n) is 10.6. The highest BCUT2D eigenvalue weighted by Gasteiger charge is 2.19. The largest absolute Gasteiger partial charge is 0.314 e. The van der Waals surface area contributed by atoms with Gasteiger partial charge in [0.25, 0.3) is 0 Å². The summed E-state index contributed by atoms with van der Waals surface area (Å²) in [6.45, 7) is 1.10. The molecule has 92 valence electrons. The van der Waals surface area contributed by atoms with Crippen LogP contribution in [-0.2, 0) is 0 Å². The molecule has 2 aromatic rings. The van der Waals surface area contributed by atoms with E-state index in [0.29, 0.717) is 0 Å². The Morgan fingerprint density at radius 2 is 1.89 bits per heavy atom. The number of rotatable bonds is 5. The number of hydrogen-bond acceptors (Lipinski definition) is 1. The molecule has 1 N–H and O–H groups in total. The number of fused-ring (bicyclic) bond motifs is 1. The Labute approximate surface area is 109 Å². The van der Waals surface area contributed by atoms with Crippen molar-refractivity contribution in [1.29, 1.82) is 0 Å². The van der Waals surface area contributed by atoms with Gasteiger partial charge in [0.05, 0.1) is 0 Å². The van der Waals surface area contributed by atoms with Crippen molar-refractivity contribution in [3.8, 4) is 0 Å². The van der Waals surface area contributed by atoms with Gasteiger partial charge in [-0.25, -0.2) is 0 Å². The maximum absolute atomic E-state index is 3.53. The Morgan fingerprint density at radius 3 is 2.78 bits per heavy atom. The van der Waals surface area contributed by atoms with Crippen molar-refractivity contribution in [3.05, 3.63) is 54.1 Å². The van der Waals surface area contributed by atoms with Crippen molar-refractivity contribution in [2.45, 2.75) is 25.3 Å². The van der Waals surface area contributed by atoms with Crippen LogP contribution < -0.4 is 5.32 Å². The number of benzene rings is 2. The smallest absolute Gasteiger partial charge is 0.00683 e. The molecule has 1 saturated carbocycles. The zero-order chi connectivity index (χ0) is 12.2. The van der Waals surface area contributed by atoms with Crippen LogP contribution in [0.3, 0.4) is 0 Å². The second kappa shape index (κ2) is 5.36. The fourth-order valence-electron chi connectivity index (χ4n) is 2.26. The lowest BCUT2D eigenvalue weighted by molar-refractivity contribution is 0.691. The first-order valence-electron chi connectivity index (χ1n) is 6.81. The quantitative estimate of drug-likeness (QED) is 0.775. The van der Waals surface area contributed by atoms with E-state index in [1.807, 2.05) is 0 Å². The Bertz CT molecular complexity index is 547. The molecule has 0 atom stereocenters. The van der Waals surface area contributed by atoms with E-state index in [-0.39, 0.29) is 0 Å². The second-order valence-electron chi connectivity index (χ2n) is 4.99. The summed E-state index contributed by atoms with van der Waals surface area (Å²) in [4.78, 5) is 0. The van der Waals surface area contributed by atoms with Gasteiger partial charge in [-0.05, 0) is 42.1 Å². The molecule has 0 bridgehead atoms. The first-order valence-corrected chi connectivity index (χ1v) is 6.81. The van der Waals surface area contributed by atoms with E-state index in [2.05, 4.69) is 59.9 Å². The molecule has 1 fully saturated rings. The summed E-state index contributed by atoms with van der Waals surface area (Å²) in [5, 5.41) is 6.18. The third-order valence-corrected chi connectivity index (χ3v) is 3.44. The van der Waals surface area contributed by atoms with Crippen molar-refractivity contribution < 1.29 is 0 Å². The summed E-state index contributed by atoms with van der Waals surface area (Å²) in [5.74, 6) is 0. The molecular formula is C17H19N. The normalized spacial score (nSPS) is 15.6. The van der Waals surface area contributed by atoms with Gasteiger partial charge in [0, 0.05) is 6.04 Å². The molecule has 0 spiro atoms.